The SMILES string of the molecule is CC(C)(C)c1ccc(O)c(NC(=S)NC(=O)COc2ccccc2)c1. The highest BCUT2D eigenvalue weighted by Crippen LogP contribution is 2.30. The zero-order valence-corrected chi connectivity index (χ0v) is 15.3. The van der Waals surface area contributed by atoms with Gasteiger partial charge in [0.15, 0.2) is 11.7 Å². The van der Waals surface area contributed by atoms with E-state index in [4.69, 9.17) is 17.0 Å². The maximum absolute atomic E-state index is 11.9. The van der Waals surface area contributed by atoms with Crippen molar-refractivity contribution in [3.63, 3.8) is 0 Å². The van der Waals surface area contributed by atoms with Gasteiger partial charge in [-0.25, -0.2) is 0 Å². The number of rotatable bonds is 4. The Kier molecular flexibility index (Phi) is 5.98. The smallest absolute Gasteiger partial charge is 0.264 e. The van der Waals surface area contributed by atoms with E-state index in [0.717, 1.165) is 5.56 Å². The molecule has 0 saturated carbocycles. The highest BCUT2D eigenvalue weighted by atomic mass is 32.1. The number of carbonyl (C=O) groups excluding carboxylic acids is 1. The normalized spacial score (nSPS) is 10.8. The monoisotopic (exact) mass is 358 g/mol. The lowest BCUT2D eigenvalue weighted by molar-refractivity contribution is -0.121. The second-order valence-electron chi connectivity index (χ2n) is 6.59. The topological polar surface area (TPSA) is 70.6 Å². The molecule has 3 N–H and O–H groups in total. The molecular weight excluding hydrogens is 336 g/mol. The van der Waals surface area contributed by atoms with Gasteiger partial charge in [0.25, 0.3) is 5.91 Å². The minimum Gasteiger partial charge on any atom is -0.506 e. The molecule has 132 valence electrons. The number of hydrogen-bond acceptors (Lipinski definition) is 4. The number of thiocarbonyl (C=S) groups is 1. The molecule has 1 amide bonds. The third-order valence-electron chi connectivity index (χ3n) is 3.48. The Labute approximate surface area is 153 Å². The van der Waals surface area contributed by atoms with E-state index in [1.165, 1.54) is 0 Å². The fourth-order valence-corrected chi connectivity index (χ4v) is 2.31. The van der Waals surface area contributed by atoms with Crippen LogP contribution in [-0.4, -0.2) is 22.7 Å². The van der Waals surface area contributed by atoms with Gasteiger partial charge in [-0.3, -0.25) is 10.1 Å². The molecule has 0 aromatic heterocycles. The summed E-state index contributed by atoms with van der Waals surface area (Å²) >= 11 is 5.13. The van der Waals surface area contributed by atoms with E-state index in [2.05, 4.69) is 31.4 Å². The van der Waals surface area contributed by atoms with E-state index in [0.29, 0.717) is 11.4 Å². The van der Waals surface area contributed by atoms with Crippen LogP contribution in [0, 0.1) is 0 Å². The van der Waals surface area contributed by atoms with Gasteiger partial charge in [0.1, 0.15) is 11.5 Å². The Bertz CT molecular complexity index is 755. The van der Waals surface area contributed by atoms with Crippen molar-refractivity contribution in [2.24, 2.45) is 0 Å². The van der Waals surface area contributed by atoms with E-state index in [1.807, 2.05) is 30.3 Å². The molecule has 0 unspecified atom stereocenters. The van der Waals surface area contributed by atoms with Crippen molar-refractivity contribution >= 4 is 28.9 Å². The number of anilines is 1. The second kappa shape index (κ2) is 7.98. The number of benzene rings is 2. The first-order chi connectivity index (χ1) is 11.8. The van der Waals surface area contributed by atoms with Crippen LogP contribution in [-0.2, 0) is 10.2 Å². The van der Waals surface area contributed by atoms with Gasteiger partial charge >= 0.3 is 0 Å². The van der Waals surface area contributed by atoms with E-state index >= 15 is 0 Å². The van der Waals surface area contributed by atoms with Gasteiger partial charge in [-0.05, 0) is 47.5 Å². The first kappa shape index (κ1) is 18.7. The molecule has 2 aromatic rings. The molecule has 2 aromatic carbocycles. The number of hydrogen-bond donors (Lipinski definition) is 3. The lowest BCUT2D eigenvalue weighted by atomic mass is 9.87. The summed E-state index contributed by atoms with van der Waals surface area (Å²) in [5.41, 5.74) is 1.41. The summed E-state index contributed by atoms with van der Waals surface area (Å²) in [6.45, 7) is 6.07. The zero-order chi connectivity index (χ0) is 18.4. The van der Waals surface area contributed by atoms with E-state index in [-0.39, 0.29) is 28.8 Å². The number of phenols is 1. The van der Waals surface area contributed by atoms with Crippen molar-refractivity contribution in [1.29, 1.82) is 0 Å². The molecule has 0 spiro atoms. The van der Waals surface area contributed by atoms with Gasteiger partial charge in [-0.2, -0.15) is 0 Å². The van der Waals surface area contributed by atoms with Gasteiger partial charge in [0, 0.05) is 0 Å². The maximum atomic E-state index is 11.9. The lowest BCUT2D eigenvalue weighted by Crippen LogP contribution is -2.37. The fraction of sp³-hybridized carbons (Fsp3) is 0.263. The molecule has 25 heavy (non-hydrogen) atoms. The van der Waals surface area contributed by atoms with Crippen molar-refractivity contribution in [2.45, 2.75) is 26.2 Å². The minimum absolute atomic E-state index is 0.0603. The number of para-hydroxylation sites is 1. The molecule has 5 nitrogen and oxygen atoms in total. The molecule has 0 aliphatic carbocycles. The minimum atomic E-state index is -0.382. The third-order valence-corrected chi connectivity index (χ3v) is 3.68. The Hall–Kier alpha value is -2.60. The quantitative estimate of drug-likeness (QED) is 0.576. The standard InChI is InChI=1S/C19H22N2O3S/c1-19(2,3)13-9-10-16(22)15(11-13)20-18(25)21-17(23)12-24-14-7-5-4-6-8-14/h4-11,22H,12H2,1-3H3,(H2,20,21,23,25). The van der Waals surface area contributed by atoms with Crippen molar-refractivity contribution in [2.75, 3.05) is 11.9 Å². The third kappa shape index (κ3) is 5.76. The van der Waals surface area contributed by atoms with Crippen LogP contribution in [0.15, 0.2) is 48.5 Å². The first-order valence-electron chi connectivity index (χ1n) is 7.88. The number of aromatic hydroxyl groups is 1. The number of ether oxygens (including phenoxy) is 1. The summed E-state index contributed by atoms with van der Waals surface area (Å²) in [6.07, 6.45) is 0. The number of phenolic OH excluding ortho intramolecular Hbond substituents is 1. The van der Waals surface area contributed by atoms with Crippen molar-refractivity contribution in [3.8, 4) is 11.5 Å². The van der Waals surface area contributed by atoms with Gasteiger partial charge in [-0.1, -0.05) is 45.0 Å². The number of carbonyl (C=O) groups is 1. The fourth-order valence-electron chi connectivity index (χ4n) is 2.08. The number of amides is 1. The Balaban J connectivity index is 1.92. The first-order valence-corrected chi connectivity index (χ1v) is 8.29. The van der Waals surface area contributed by atoms with Crippen LogP contribution in [0.2, 0.25) is 0 Å². The van der Waals surface area contributed by atoms with Crippen LogP contribution in [0.3, 0.4) is 0 Å². The van der Waals surface area contributed by atoms with Gasteiger partial charge in [0.2, 0.25) is 0 Å². The molecule has 0 bridgehead atoms. The average molecular weight is 358 g/mol. The van der Waals surface area contributed by atoms with Crippen molar-refractivity contribution < 1.29 is 14.6 Å². The summed E-state index contributed by atoms with van der Waals surface area (Å²) in [7, 11) is 0. The van der Waals surface area contributed by atoms with Gasteiger partial charge in [-0.15, -0.1) is 0 Å². The molecule has 0 heterocycles. The molecule has 0 aliphatic heterocycles. The predicted molar refractivity (Wildman–Crippen MR) is 103 cm³/mol. The summed E-state index contributed by atoms with van der Waals surface area (Å²) in [5.74, 6) is 0.282. The molecular formula is C19H22N2O3S. The molecule has 0 aliphatic rings. The molecule has 0 saturated heterocycles. The van der Waals surface area contributed by atoms with E-state index in [1.54, 1.807) is 18.2 Å². The average Bonchev–Trinajstić information content (AvgIpc) is 2.55. The van der Waals surface area contributed by atoms with Crippen LogP contribution < -0.4 is 15.4 Å². The van der Waals surface area contributed by atoms with Crippen LogP contribution in [0.1, 0.15) is 26.3 Å². The maximum Gasteiger partial charge on any atom is 0.264 e. The zero-order valence-electron chi connectivity index (χ0n) is 14.5. The largest absolute Gasteiger partial charge is 0.506 e. The summed E-state index contributed by atoms with van der Waals surface area (Å²) in [5, 5.41) is 15.5. The van der Waals surface area contributed by atoms with E-state index < -0.39 is 0 Å². The van der Waals surface area contributed by atoms with Gasteiger partial charge < -0.3 is 15.2 Å². The Morgan fingerprint density at radius 1 is 1.16 bits per heavy atom. The molecule has 0 radical (unpaired) electrons. The summed E-state index contributed by atoms with van der Waals surface area (Å²) in [6, 6.07) is 14.3. The van der Waals surface area contributed by atoms with Crippen molar-refractivity contribution in [1.82, 2.24) is 5.32 Å². The summed E-state index contributed by atoms with van der Waals surface area (Å²) < 4.78 is 5.36. The molecule has 6 heteroatoms. The Morgan fingerprint density at radius 3 is 2.48 bits per heavy atom. The molecule has 2 rings (SSSR count). The molecule has 0 atom stereocenters. The molecule has 0 fully saturated rings. The lowest BCUT2D eigenvalue weighted by Gasteiger charge is -2.21. The Morgan fingerprint density at radius 2 is 1.84 bits per heavy atom. The van der Waals surface area contributed by atoms with Crippen LogP contribution >= 0.6 is 12.2 Å². The predicted octanol–water partition coefficient (Wildman–Crippen LogP) is 3.58. The summed E-state index contributed by atoms with van der Waals surface area (Å²) in [4.78, 5) is 11.9. The van der Waals surface area contributed by atoms with Crippen LogP contribution in [0.25, 0.3) is 0 Å². The highest BCUT2D eigenvalue weighted by Gasteiger charge is 2.16. The van der Waals surface area contributed by atoms with Crippen LogP contribution in [0.4, 0.5) is 5.69 Å². The van der Waals surface area contributed by atoms with E-state index in [9.17, 15) is 9.90 Å². The van der Waals surface area contributed by atoms with Gasteiger partial charge in [0.05, 0.1) is 5.69 Å². The second-order valence-corrected chi connectivity index (χ2v) is 6.99. The highest BCUT2D eigenvalue weighted by molar-refractivity contribution is 7.80. The number of nitrogens with one attached hydrogen (secondary N) is 2. The van der Waals surface area contributed by atoms with Crippen molar-refractivity contribution in [3.05, 3.63) is 54.1 Å². The van der Waals surface area contributed by atoms with Crippen LogP contribution in [0.5, 0.6) is 11.5 Å².